The number of hydrogen-bond acceptors (Lipinski definition) is 4. The van der Waals surface area contributed by atoms with Crippen LogP contribution in [0.4, 0.5) is 0 Å². The van der Waals surface area contributed by atoms with Gasteiger partial charge in [-0.2, -0.15) is 0 Å². The van der Waals surface area contributed by atoms with Gasteiger partial charge in [-0.05, 0) is 18.1 Å². The average molecular weight is 250 g/mol. The van der Waals surface area contributed by atoms with Gasteiger partial charge in [0.25, 0.3) is 6.29 Å². The molecule has 18 heavy (non-hydrogen) atoms. The fourth-order valence-electron chi connectivity index (χ4n) is 1.80. The third kappa shape index (κ3) is 3.87. The molecule has 0 aliphatic heterocycles. The van der Waals surface area contributed by atoms with Gasteiger partial charge in [0.15, 0.2) is 0 Å². The minimum absolute atomic E-state index is 0.209. The summed E-state index contributed by atoms with van der Waals surface area (Å²) < 4.78 is 10.1. The van der Waals surface area contributed by atoms with E-state index in [2.05, 4.69) is 0 Å². The van der Waals surface area contributed by atoms with Crippen molar-refractivity contribution in [1.29, 1.82) is 0 Å². The number of esters is 2. The summed E-state index contributed by atoms with van der Waals surface area (Å²) in [6.45, 7) is 6.41. The Morgan fingerprint density at radius 2 is 1.56 bits per heavy atom. The Morgan fingerprint density at radius 1 is 1.06 bits per heavy atom. The maximum Gasteiger partial charge on any atom is 0.305 e. The van der Waals surface area contributed by atoms with Crippen LogP contribution >= 0.6 is 0 Å². The summed E-state index contributed by atoms with van der Waals surface area (Å²) in [5.74, 6) is -1.15. The smallest absolute Gasteiger partial charge is 0.305 e. The van der Waals surface area contributed by atoms with E-state index in [1.807, 2.05) is 38.1 Å². The van der Waals surface area contributed by atoms with Crippen molar-refractivity contribution in [2.24, 2.45) is 0 Å². The molecule has 0 spiro atoms. The Hall–Kier alpha value is -1.84. The molecule has 0 unspecified atom stereocenters. The highest BCUT2D eigenvalue weighted by Crippen LogP contribution is 2.25. The zero-order valence-electron chi connectivity index (χ0n) is 11.1. The molecular weight excluding hydrogens is 232 g/mol. The first-order valence-electron chi connectivity index (χ1n) is 5.81. The lowest BCUT2D eigenvalue weighted by Gasteiger charge is -2.24. The summed E-state index contributed by atoms with van der Waals surface area (Å²) in [5, 5.41) is 0. The number of aryl methyl sites for hydroxylation is 1. The first kappa shape index (κ1) is 14.2. The molecule has 98 valence electrons. The predicted octanol–water partition coefficient (Wildman–Crippen LogP) is 2.55. The summed E-state index contributed by atoms with van der Waals surface area (Å²) >= 11 is 0. The lowest BCUT2D eigenvalue weighted by Crippen LogP contribution is -2.28. The zero-order valence-corrected chi connectivity index (χ0v) is 11.1. The molecule has 0 aliphatic rings. The van der Waals surface area contributed by atoms with E-state index < -0.39 is 18.2 Å². The normalized spacial score (nSPS) is 12.1. The second-order valence-electron chi connectivity index (χ2n) is 4.23. The van der Waals surface area contributed by atoms with Gasteiger partial charge < -0.3 is 9.47 Å². The lowest BCUT2D eigenvalue weighted by molar-refractivity contribution is -0.188. The molecule has 0 heterocycles. The SMILES string of the molecule is CC(=O)OC(OC(C)=O)[C@H](C)c1ccccc1C. The number of carbonyl (C=O) groups is 2. The van der Waals surface area contributed by atoms with E-state index in [9.17, 15) is 9.59 Å². The predicted molar refractivity (Wildman–Crippen MR) is 66.9 cm³/mol. The van der Waals surface area contributed by atoms with Crippen molar-refractivity contribution in [3.63, 3.8) is 0 Å². The third-order valence-corrected chi connectivity index (χ3v) is 2.65. The van der Waals surface area contributed by atoms with Gasteiger partial charge in [0.2, 0.25) is 0 Å². The Labute approximate surface area is 107 Å². The minimum Gasteiger partial charge on any atom is -0.425 e. The van der Waals surface area contributed by atoms with Crippen LogP contribution in [0.3, 0.4) is 0 Å². The monoisotopic (exact) mass is 250 g/mol. The molecule has 4 nitrogen and oxygen atoms in total. The molecule has 0 fully saturated rings. The van der Waals surface area contributed by atoms with E-state index in [4.69, 9.17) is 9.47 Å². The van der Waals surface area contributed by atoms with Crippen LogP contribution in [0, 0.1) is 6.92 Å². The second kappa shape index (κ2) is 6.19. The molecule has 0 saturated heterocycles. The van der Waals surface area contributed by atoms with E-state index >= 15 is 0 Å². The van der Waals surface area contributed by atoms with Crippen LogP contribution in [0.25, 0.3) is 0 Å². The average Bonchev–Trinajstić information content (AvgIpc) is 2.26. The highest BCUT2D eigenvalue weighted by atomic mass is 16.7. The van der Waals surface area contributed by atoms with Crippen LogP contribution in [-0.4, -0.2) is 18.2 Å². The molecule has 0 amide bonds. The summed E-state index contributed by atoms with van der Waals surface area (Å²) in [6.07, 6.45) is -0.888. The Kier molecular flexibility index (Phi) is 4.89. The van der Waals surface area contributed by atoms with Gasteiger partial charge >= 0.3 is 11.9 Å². The highest BCUT2D eigenvalue weighted by Gasteiger charge is 2.25. The maximum absolute atomic E-state index is 11.0. The summed E-state index contributed by atoms with van der Waals surface area (Å²) in [7, 11) is 0. The van der Waals surface area contributed by atoms with Crippen molar-refractivity contribution in [3.05, 3.63) is 35.4 Å². The van der Waals surface area contributed by atoms with Gasteiger partial charge in [-0.25, -0.2) is 0 Å². The van der Waals surface area contributed by atoms with Gasteiger partial charge in [0, 0.05) is 13.8 Å². The standard InChI is InChI=1S/C14H18O4/c1-9-7-5-6-8-13(9)10(2)14(17-11(3)15)18-12(4)16/h5-8,10,14H,1-4H3/t10-/m1/s1. The van der Waals surface area contributed by atoms with Crippen LogP contribution in [0.15, 0.2) is 24.3 Å². The molecule has 1 rings (SSSR count). The van der Waals surface area contributed by atoms with Crippen molar-refractivity contribution < 1.29 is 19.1 Å². The van der Waals surface area contributed by atoms with E-state index in [0.29, 0.717) is 0 Å². The molecule has 1 atom stereocenters. The van der Waals surface area contributed by atoms with Gasteiger partial charge in [0.1, 0.15) is 0 Å². The molecule has 4 heteroatoms. The number of hydrogen-bond donors (Lipinski definition) is 0. The van der Waals surface area contributed by atoms with Crippen LogP contribution in [0.2, 0.25) is 0 Å². The summed E-state index contributed by atoms with van der Waals surface area (Å²) in [5.41, 5.74) is 2.05. The highest BCUT2D eigenvalue weighted by molar-refractivity contribution is 5.68. The van der Waals surface area contributed by atoms with E-state index in [-0.39, 0.29) is 5.92 Å². The second-order valence-corrected chi connectivity index (χ2v) is 4.23. The number of benzene rings is 1. The molecule has 0 bridgehead atoms. The van der Waals surface area contributed by atoms with Crippen molar-refractivity contribution in [3.8, 4) is 0 Å². The Morgan fingerprint density at radius 3 is 2.00 bits per heavy atom. The van der Waals surface area contributed by atoms with Crippen molar-refractivity contribution in [2.75, 3.05) is 0 Å². The van der Waals surface area contributed by atoms with E-state index in [0.717, 1.165) is 11.1 Å². The van der Waals surface area contributed by atoms with Crippen molar-refractivity contribution >= 4 is 11.9 Å². The van der Waals surface area contributed by atoms with Crippen LogP contribution in [0.5, 0.6) is 0 Å². The first-order chi connectivity index (χ1) is 8.41. The van der Waals surface area contributed by atoms with Crippen molar-refractivity contribution in [2.45, 2.75) is 39.9 Å². The minimum atomic E-state index is -0.888. The summed E-state index contributed by atoms with van der Waals surface area (Å²) in [6, 6.07) is 7.72. The number of rotatable bonds is 4. The third-order valence-electron chi connectivity index (χ3n) is 2.65. The van der Waals surface area contributed by atoms with Gasteiger partial charge in [0.05, 0.1) is 5.92 Å². The van der Waals surface area contributed by atoms with Crippen LogP contribution in [-0.2, 0) is 19.1 Å². The Balaban J connectivity index is 2.94. The van der Waals surface area contributed by atoms with Gasteiger partial charge in [-0.15, -0.1) is 0 Å². The van der Waals surface area contributed by atoms with Gasteiger partial charge in [-0.3, -0.25) is 9.59 Å². The molecular formula is C14H18O4. The molecule has 0 radical (unpaired) electrons. The topological polar surface area (TPSA) is 52.6 Å². The first-order valence-corrected chi connectivity index (χ1v) is 5.81. The molecule has 0 aromatic heterocycles. The fraction of sp³-hybridized carbons (Fsp3) is 0.429. The zero-order chi connectivity index (χ0) is 13.7. The molecule has 1 aromatic carbocycles. The van der Waals surface area contributed by atoms with Crippen LogP contribution < -0.4 is 0 Å². The van der Waals surface area contributed by atoms with E-state index in [1.165, 1.54) is 13.8 Å². The number of ether oxygens (including phenoxy) is 2. The largest absolute Gasteiger partial charge is 0.425 e. The Bertz CT molecular complexity index is 423. The summed E-state index contributed by atoms with van der Waals surface area (Å²) in [4.78, 5) is 22.1. The fourth-order valence-corrected chi connectivity index (χ4v) is 1.80. The van der Waals surface area contributed by atoms with Gasteiger partial charge in [-0.1, -0.05) is 31.2 Å². The quantitative estimate of drug-likeness (QED) is 0.608. The lowest BCUT2D eigenvalue weighted by atomic mass is 9.96. The molecule has 1 aromatic rings. The molecule has 0 saturated carbocycles. The van der Waals surface area contributed by atoms with Crippen molar-refractivity contribution in [1.82, 2.24) is 0 Å². The maximum atomic E-state index is 11.0. The van der Waals surface area contributed by atoms with Crippen LogP contribution in [0.1, 0.15) is 37.8 Å². The number of carbonyl (C=O) groups excluding carboxylic acids is 2. The van der Waals surface area contributed by atoms with E-state index in [1.54, 1.807) is 0 Å². The molecule has 0 N–H and O–H groups in total. The molecule has 0 aliphatic carbocycles.